The molecule has 0 aliphatic heterocycles. The molecule has 0 bridgehead atoms. The second kappa shape index (κ2) is 4.15. The summed E-state index contributed by atoms with van der Waals surface area (Å²) < 4.78 is 58.8. The van der Waals surface area contributed by atoms with Gasteiger partial charge in [-0.25, -0.2) is 26.6 Å². The molecular weight excluding hydrogens is 278 g/mol. The molecule has 0 saturated carbocycles. The van der Waals surface area contributed by atoms with Crippen molar-refractivity contribution in [2.75, 3.05) is 0 Å². The lowest BCUT2D eigenvalue weighted by Gasteiger charge is -2.04. The molecule has 3 nitrogen and oxygen atoms in total. The molecule has 9 heteroatoms. The zero-order chi connectivity index (χ0) is 11.8. The van der Waals surface area contributed by atoms with Crippen LogP contribution in [0.2, 0.25) is 5.15 Å². The van der Waals surface area contributed by atoms with Gasteiger partial charge in [0.05, 0.1) is 0 Å². The minimum atomic E-state index is -4.45. The van der Waals surface area contributed by atoms with Crippen LogP contribution < -0.4 is 0 Å². The maximum absolute atomic E-state index is 13.0. The van der Waals surface area contributed by atoms with Crippen LogP contribution in [0.15, 0.2) is 11.0 Å². The number of halogens is 5. The molecule has 84 valence electrons. The Morgan fingerprint density at radius 1 is 1.40 bits per heavy atom. The lowest BCUT2D eigenvalue weighted by Crippen LogP contribution is -2.02. The first kappa shape index (κ1) is 12.5. The van der Waals surface area contributed by atoms with Gasteiger partial charge in [0.15, 0.2) is 10.0 Å². The normalized spacial score (nSPS) is 12.1. The Bertz CT molecular complexity index is 468. The van der Waals surface area contributed by atoms with Crippen LogP contribution >= 0.6 is 22.3 Å². The summed E-state index contributed by atoms with van der Waals surface area (Å²) in [6, 6.07) is 0.270. The van der Waals surface area contributed by atoms with E-state index >= 15 is 0 Å². The average Bonchev–Trinajstić information content (AvgIpc) is 1.99. The molecule has 0 unspecified atom stereocenters. The summed E-state index contributed by atoms with van der Waals surface area (Å²) in [4.78, 5) is 1.91. The molecular formula is C6H2Cl2F3NO2S. The van der Waals surface area contributed by atoms with Crippen LogP contribution in [0.1, 0.15) is 12.1 Å². The zero-order valence-electron chi connectivity index (χ0n) is 6.72. The summed E-state index contributed by atoms with van der Waals surface area (Å²) in [5.41, 5.74) is -0.957. The molecule has 0 aliphatic rings. The molecule has 0 amide bonds. The maximum atomic E-state index is 13.0. The minimum Gasteiger partial charge on any atom is -0.233 e. The number of hydrogen-bond donors (Lipinski definition) is 0. The number of pyridine rings is 1. The summed E-state index contributed by atoms with van der Waals surface area (Å²) >= 11 is 5.22. The van der Waals surface area contributed by atoms with Crippen LogP contribution in [-0.4, -0.2) is 13.4 Å². The van der Waals surface area contributed by atoms with Crippen LogP contribution in [-0.2, 0) is 9.05 Å². The molecule has 0 radical (unpaired) electrons. The van der Waals surface area contributed by atoms with Crippen LogP contribution in [0.5, 0.6) is 0 Å². The van der Waals surface area contributed by atoms with Crippen molar-refractivity contribution in [2.45, 2.75) is 11.3 Å². The Morgan fingerprint density at radius 3 is 2.27 bits per heavy atom. The SMILES string of the molecule is O=S(=O)(Cl)c1c(F)cc(C(F)F)nc1Cl. The summed E-state index contributed by atoms with van der Waals surface area (Å²) in [6.07, 6.45) is -3.05. The van der Waals surface area contributed by atoms with Gasteiger partial charge in [0.1, 0.15) is 11.5 Å². The third-order valence-corrected chi connectivity index (χ3v) is 3.10. The molecule has 0 spiro atoms. The first-order valence-corrected chi connectivity index (χ1v) is 6.01. The second-order valence-electron chi connectivity index (χ2n) is 2.39. The number of aromatic nitrogens is 1. The van der Waals surface area contributed by atoms with E-state index in [4.69, 9.17) is 22.3 Å². The fourth-order valence-corrected chi connectivity index (χ4v) is 2.41. The largest absolute Gasteiger partial charge is 0.280 e. The molecule has 1 aromatic rings. The highest BCUT2D eigenvalue weighted by molar-refractivity contribution is 8.13. The Balaban J connectivity index is 3.48. The van der Waals surface area contributed by atoms with Gasteiger partial charge in [-0.2, -0.15) is 0 Å². The van der Waals surface area contributed by atoms with Crippen molar-refractivity contribution in [3.8, 4) is 0 Å². The van der Waals surface area contributed by atoms with Crippen molar-refractivity contribution in [2.24, 2.45) is 0 Å². The molecule has 1 heterocycles. The van der Waals surface area contributed by atoms with Gasteiger partial charge in [-0.1, -0.05) is 11.6 Å². The van der Waals surface area contributed by atoms with Crippen molar-refractivity contribution in [3.05, 3.63) is 22.7 Å². The van der Waals surface area contributed by atoms with Gasteiger partial charge in [0.2, 0.25) is 0 Å². The highest BCUT2D eigenvalue weighted by Crippen LogP contribution is 2.29. The fourth-order valence-electron chi connectivity index (χ4n) is 0.819. The molecule has 0 saturated heterocycles. The van der Waals surface area contributed by atoms with Gasteiger partial charge < -0.3 is 0 Å². The van der Waals surface area contributed by atoms with Gasteiger partial charge in [0, 0.05) is 16.7 Å². The van der Waals surface area contributed by atoms with E-state index in [1.54, 1.807) is 0 Å². The lowest BCUT2D eigenvalue weighted by atomic mass is 10.3. The topological polar surface area (TPSA) is 47.0 Å². The van der Waals surface area contributed by atoms with Crippen LogP contribution in [0.4, 0.5) is 13.2 Å². The zero-order valence-corrected chi connectivity index (χ0v) is 9.04. The smallest absolute Gasteiger partial charge is 0.233 e. The summed E-state index contributed by atoms with van der Waals surface area (Å²) in [5.74, 6) is -1.46. The lowest BCUT2D eigenvalue weighted by molar-refractivity contribution is 0.145. The highest BCUT2D eigenvalue weighted by Gasteiger charge is 2.24. The van der Waals surface area contributed by atoms with Gasteiger partial charge >= 0.3 is 0 Å². The Hall–Kier alpha value is -0.530. The standard InChI is InChI=1S/C6H2Cl2F3NO2S/c7-5-4(15(8,13)14)2(9)1-3(12-5)6(10)11/h1,6H. The van der Waals surface area contributed by atoms with Crippen LogP contribution in [0.25, 0.3) is 0 Å². The third-order valence-electron chi connectivity index (χ3n) is 1.37. The molecule has 0 aromatic carbocycles. The van der Waals surface area contributed by atoms with E-state index in [1.807, 2.05) is 0 Å². The number of hydrogen-bond acceptors (Lipinski definition) is 3. The molecule has 15 heavy (non-hydrogen) atoms. The van der Waals surface area contributed by atoms with E-state index in [2.05, 4.69) is 4.98 Å². The number of nitrogens with zero attached hydrogens (tertiary/aromatic N) is 1. The monoisotopic (exact) mass is 279 g/mol. The molecule has 1 rings (SSSR count). The number of rotatable bonds is 2. The predicted octanol–water partition coefficient (Wildman–Crippen LogP) is 2.74. The summed E-state index contributed by atoms with van der Waals surface area (Å²) in [7, 11) is 0.373. The Kier molecular flexibility index (Phi) is 3.47. The van der Waals surface area contributed by atoms with E-state index in [9.17, 15) is 21.6 Å². The Labute approximate surface area is 92.2 Å². The van der Waals surface area contributed by atoms with Crippen molar-refractivity contribution in [1.29, 1.82) is 0 Å². The molecule has 0 fully saturated rings. The quantitative estimate of drug-likeness (QED) is 0.618. The van der Waals surface area contributed by atoms with Crippen LogP contribution in [0.3, 0.4) is 0 Å². The van der Waals surface area contributed by atoms with Gasteiger partial charge in [-0.3, -0.25) is 0 Å². The summed E-state index contributed by atoms with van der Waals surface area (Å²) in [6.45, 7) is 0. The molecule has 0 aliphatic carbocycles. The average molecular weight is 280 g/mol. The second-order valence-corrected chi connectivity index (χ2v) is 5.25. The highest BCUT2D eigenvalue weighted by atomic mass is 35.7. The van der Waals surface area contributed by atoms with Crippen LogP contribution in [0, 0.1) is 5.82 Å². The van der Waals surface area contributed by atoms with Crippen molar-refractivity contribution >= 4 is 31.3 Å². The van der Waals surface area contributed by atoms with Crippen molar-refractivity contribution in [1.82, 2.24) is 4.98 Å². The predicted molar refractivity (Wildman–Crippen MR) is 47.2 cm³/mol. The third kappa shape index (κ3) is 2.73. The van der Waals surface area contributed by atoms with Crippen molar-refractivity contribution < 1.29 is 21.6 Å². The van der Waals surface area contributed by atoms with E-state index in [0.717, 1.165) is 0 Å². The molecule has 0 N–H and O–H groups in total. The van der Waals surface area contributed by atoms with E-state index in [-0.39, 0.29) is 6.07 Å². The van der Waals surface area contributed by atoms with Gasteiger partial charge in [0.25, 0.3) is 15.5 Å². The van der Waals surface area contributed by atoms with E-state index in [0.29, 0.717) is 0 Å². The first-order valence-electron chi connectivity index (χ1n) is 3.32. The molecule has 0 atom stereocenters. The van der Waals surface area contributed by atoms with Crippen molar-refractivity contribution in [3.63, 3.8) is 0 Å². The molecule has 1 aromatic heterocycles. The van der Waals surface area contributed by atoms with E-state index in [1.165, 1.54) is 0 Å². The maximum Gasteiger partial charge on any atom is 0.280 e. The first-order chi connectivity index (χ1) is 6.73. The number of alkyl halides is 2. The summed E-state index contributed by atoms with van der Waals surface area (Å²) in [5, 5.41) is -0.916. The van der Waals surface area contributed by atoms with Gasteiger partial charge in [-0.15, -0.1) is 0 Å². The minimum absolute atomic E-state index is 0.270. The van der Waals surface area contributed by atoms with Gasteiger partial charge in [-0.05, 0) is 0 Å². The fraction of sp³-hybridized carbons (Fsp3) is 0.167. The Morgan fingerprint density at radius 2 is 1.93 bits per heavy atom. The van der Waals surface area contributed by atoms with E-state index < -0.39 is 37.0 Å².